The van der Waals surface area contributed by atoms with E-state index in [4.69, 9.17) is 18.5 Å². The molecule has 0 amide bonds. The van der Waals surface area contributed by atoms with Crippen LogP contribution < -0.4 is 0 Å². The van der Waals surface area contributed by atoms with E-state index in [0.29, 0.717) is 23.9 Å². The van der Waals surface area contributed by atoms with Crippen LogP contribution in [0.3, 0.4) is 0 Å². The van der Waals surface area contributed by atoms with Gasteiger partial charge in [-0.3, -0.25) is 18.6 Å². The Morgan fingerprint density at radius 2 is 1.12 bits per heavy atom. The van der Waals surface area contributed by atoms with Gasteiger partial charge in [-0.15, -0.1) is 0 Å². The SMILES string of the molecule is CCCCC/C=C/C/C=C/C/C=C/CCCCCCC(=O)OC[C@@H](COP(=O)(O)OCC[N+](C)(C)C)OC(=O)CCCCCCCCC. The quantitative estimate of drug-likeness (QED) is 0.0237. The lowest BCUT2D eigenvalue weighted by molar-refractivity contribution is -0.870. The highest BCUT2D eigenvalue weighted by atomic mass is 31.2. The van der Waals surface area contributed by atoms with E-state index < -0.39 is 32.5 Å². The third-order valence-corrected chi connectivity index (χ3v) is 8.66. The fourth-order valence-corrected chi connectivity index (χ4v) is 5.41. The van der Waals surface area contributed by atoms with Crippen molar-refractivity contribution in [1.82, 2.24) is 0 Å². The number of carbonyl (C=O) groups excluding carboxylic acids is 2. The molecule has 0 aromatic heterocycles. The van der Waals surface area contributed by atoms with Gasteiger partial charge in [0, 0.05) is 12.8 Å². The number of phosphoric acid groups is 1. The van der Waals surface area contributed by atoms with Crippen molar-refractivity contribution in [2.24, 2.45) is 0 Å². The summed E-state index contributed by atoms with van der Waals surface area (Å²) in [6, 6.07) is 0. The summed E-state index contributed by atoms with van der Waals surface area (Å²) in [6.45, 7) is 4.29. The molecule has 1 N–H and O–H groups in total. The van der Waals surface area contributed by atoms with Crippen LogP contribution in [0.4, 0.5) is 0 Å². The summed E-state index contributed by atoms with van der Waals surface area (Å²) in [5.41, 5.74) is 0. The molecule has 0 radical (unpaired) electrons. The highest BCUT2D eigenvalue weighted by Gasteiger charge is 2.27. The van der Waals surface area contributed by atoms with Crippen LogP contribution in [0.15, 0.2) is 36.5 Å². The number of hydrogen-bond donors (Lipinski definition) is 1. The molecule has 0 saturated heterocycles. The number of quaternary nitrogens is 1. The number of esters is 2. The molecule has 1 unspecified atom stereocenters. The van der Waals surface area contributed by atoms with Crippen LogP contribution >= 0.6 is 7.82 Å². The zero-order chi connectivity index (χ0) is 35.8. The Morgan fingerprint density at radius 1 is 0.646 bits per heavy atom. The van der Waals surface area contributed by atoms with Crippen LogP contribution in [-0.2, 0) is 32.7 Å². The summed E-state index contributed by atoms with van der Waals surface area (Å²) < 4.78 is 34.0. The van der Waals surface area contributed by atoms with Crippen molar-refractivity contribution in [1.29, 1.82) is 0 Å². The highest BCUT2D eigenvalue weighted by molar-refractivity contribution is 7.47. The number of rotatable bonds is 33. The number of carbonyl (C=O) groups is 2. The van der Waals surface area contributed by atoms with Gasteiger partial charge in [-0.1, -0.05) is 115 Å². The normalized spacial score (nSPS) is 14.2. The van der Waals surface area contributed by atoms with Gasteiger partial charge in [0.1, 0.15) is 19.8 Å². The van der Waals surface area contributed by atoms with Crippen molar-refractivity contribution in [2.45, 2.75) is 148 Å². The molecule has 10 heteroatoms. The van der Waals surface area contributed by atoms with E-state index >= 15 is 0 Å². The second-order valence-electron chi connectivity index (χ2n) is 13.6. The lowest BCUT2D eigenvalue weighted by Gasteiger charge is -2.24. The van der Waals surface area contributed by atoms with E-state index in [0.717, 1.165) is 57.8 Å². The minimum atomic E-state index is -4.36. The van der Waals surface area contributed by atoms with Crippen molar-refractivity contribution < 1.29 is 42.1 Å². The molecule has 0 fully saturated rings. The van der Waals surface area contributed by atoms with Crippen molar-refractivity contribution >= 4 is 19.8 Å². The summed E-state index contributed by atoms with van der Waals surface area (Å²) >= 11 is 0. The van der Waals surface area contributed by atoms with Crippen LogP contribution in [0.2, 0.25) is 0 Å². The van der Waals surface area contributed by atoms with Crippen molar-refractivity contribution in [3.8, 4) is 0 Å². The monoisotopic (exact) mass is 700 g/mol. The Bertz CT molecular complexity index is 928. The molecule has 0 saturated carbocycles. The van der Waals surface area contributed by atoms with Crippen LogP contribution in [0.1, 0.15) is 142 Å². The number of likely N-dealkylation sites (N-methyl/N-ethyl adjacent to an activating group) is 1. The molecular formula is C38H71NO8P+. The van der Waals surface area contributed by atoms with Gasteiger partial charge in [-0.05, 0) is 51.4 Å². The third kappa shape index (κ3) is 34.1. The van der Waals surface area contributed by atoms with Crippen LogP contribution in [0, 0.1) is 0 Å². The standard InChI is InChI=1S/C38H70NO8P/c1-6-8-10-12-14-15-16-17-18-19-20-21-22-23-25-26-28-30-37(40)44-34-36(35-46-48(42,43)45-33-32-39(3,4)5)47-38(41)31-29-27-24-13-11-9-7-2/h14-15,17-18,20-21,36H,6-13,16,19,22-35H2,1-5H3/p+1/b15-14+,18-17+,21-20+/t36-/m0/s1. The number of allylic oxidation sites excluding steroid dienone is 6. The Labute approximate surface area is 293 Å². The fourth-order valence-electron chi connectivity index (χ4n) is 4.67. The van der Waals surface area contributed by atoms with E-state index in [9.17, 15) is 19.0 Å². The maximum Gasteiger partial charge on any atom is 0.472 e. The van der Waals surface area contributed by atoms with Crippen LogP contribution in [0.25, 0.3) is 0 Å². The van der Waals surface area contributed by atoms with Gasteiger partial charge in [0.15, 0.2) is 6.10 Å². The predicted octanol–water partition coefficient (Wildman–Crippen LogP) is 9.79. The number of hydrogen-bond acceptors (Lipinski definition) is 7. The second kappa shape index (κ2) is 31.2. The summed E-state index contributed by atoms with van der Waals surface area (Å²) in [6.07, 6.45) is 32.1. The largest absolute Gasteiger partial charge is 0.472 e. The molecule has 0 aliphatic carbocycles. The first-order valence-corrected chi connectivity index (χ1v) is 20.2. The minimum absolute atomic E-state index is 0.0277. The molecule has 48 heavy (non-hydrogen) atoms. The van der Waals surface area contributed by atoms with Gasteiger partial charge in [-0.2, -0.15) is 0 Å². The van der Waals surface area contributed by atoms with Gasteiger partial charge in [0.25, 0.3) is 0 Å². The minimum Gasteiger partial charge on any atom is -0.462 e. The predicted molar refractivity (Wildman–Crippen MR) is 197 cm³/mol. The molecule has 0 aromatic rings. The van der Waals surface area contributed by atoms with E-state index in [1.54, 1.807) is 0 Å². The van der Waals surface area contributed by atoms with Crippen molar-refractivity contribution in [2.75, 3.05) is 47.5 Å². The Morgan fingerprint density at radius 3 is 1.71 bits per heavy atom. The number of unbranched alkanes of at least 4 members (excludes halogenated alkanes) is 13. The molecule has 0 heterocycles. The molecule has 0 spiro atoms. The Hall–Kier alpha value is -1.77. The maximum atomic E-state index is 12.5. The zero-order valence-corrected chi connectivity index (χ0v) is 32.1. The van der Waals surface area contributed by atoms with Crippen LogP contribution in [-0.4, -0.2) is 74.9 Å². The Kier molecular flexibility index (Phi) is 30.1. The van der Waals surface area contributed by atoms with Gasteiger partial charge >= 0.3 is 19.8 Å². The molecule has 0 bridgehead atoms. The molecule has 0 rings (SSSR count). The van der Waals surface area contributed by atoms with E-state index in [2.05, 4.69) is 50.3 Å². The summed E-state index contributed by atoms with van der Waals surface area (Å²) in [7, 11) is 1.46. The van der Waals surface area contributed by atoms with E-state index in [1.807, 2.05) is 21.1 Å². The van der Waals surface area contributed by atoms with Crippen molar-refractivity contribution in [3.63, 3.8) is 0 Å². The van der Waals surface area contributed by atoms with Crippen LogP contribution in [0.5, 0.6) is 0 Å². The first kappa shape index (κ1) is 46.2. The Balaban J connectivity index is 4.39. The number of nitrogens with zero attached hydrogens (tertiary/aromatic N) is 1. The first-order valence-electron chi connectivity index (χ1n) is 18.7. The average molecular weight is 701 g/mol. The summed E-state index contributed by atoms with van der Waals surface area (Å²) in [5, 5.41) is 0. The topological polar surface area (TPSA) is 108 Å². The van der Waals surface area contributed by atoms with E-state index in [1.165, 1.54) is 44.9 Å². The van der Waals surface area contributed by atoms with Gasteiger partial charge in [0.2, 0.25) is 0 Å². The lowest BCUT2D eigenvalue weighted by atomic mass is 10.1. The van der Waals surface area contributed by atoms with Crippen molar-refractivity contribution in [3.05, 3.63) is 36.5 Å². The van der Waals surface area contributed by atoms with E-state index in [-0.39, 0.29) is 26.1 Å². The lowest BCUT2D eigenvalue weighted by Crippen LogP contribution is -2.37. The summed E-state index contributed by atoms with van der Waals surface area (Å²) in [4.78, 5) is 35.0. The average Bonchev–Trinajstić information content (AvgIpc) is 3.02. The van der Waals surface area contributed by atoms with Gasteiger partial charge in [0.05, 0.1) is 27.7 Å². The third-order valence-electron chi connectivity index (χ3n) is 7.67. The molecule has 0 aliphatic heterocycles. The molecule has 0 aromatic carbocycles. The molecule has 9 nitrogen and oxygen atoms in total. The molecule has 280 valence electrons. The molecular weight excluding hydrogens is 629 g/mol. The molecule has 2 atom stereocenters. The highest BCUT2D eigenvalue weighted by Crippen LogP contribution is 2.43. The molecule has 0 aliphatic rings. The first-order chi connectivity index (χ1) is 23.0. The summed E-state index contributed by atoms with van der Waals surface area (Å²) in [5.74, 6) is -0.834. The van der Waals surface area contributed by atoms with Gasteiger partial charge < -0.3 is 18.9 Å². The smallest absolute Gasteiger partial charge is 0.462 e. The second-order valence-corrected chi connectivity index (χ2v) is 15.1. The fraction of sp³-hybridized carbons (Fsp3) is 0.789. The number of phosphoric ester groups is 1. The maximum absolute atomic E-state index is 12.5. The number of ether oxygens (including phenoxy) is 2. The van der Waals surface area contributed by atoms with Gasteiger partial charge in [-0.25, -0.2) is 4.57 Å². The zero-order valence-electron chi connectivity index (χ0n) is 31.2.